The van der Waals surface area contributed by atoms with Gasteiger partial charge in [-0.05, 0) is 49.3 Å². The van der Waals surface area contributed by atoms with Crippen LogP contribution in [0.3, 0.4) is 0 Å². The highest BCUT2D eigenvalue weighted by Gasteiger charge is 2.37. The Kier molecular flexibility index (Phi) is 4.92. The van der Waals surface area contributed by atoms with E-state index in [9.17, 15) is 8.42 Å². The number of sulfone groups is 1. The van der Waals surface area contributed by atoms with Crippen molar-refractivity contribution in [1.29, 1.82) is 0 Å². The third kappa shape index (κ3) is 3.43. The Morgan fingerprint density at radius 3 is 2.50 bits per heavy atom. The van der Waals surface area contributed by atoms with Crippen molar-refractivity contribution in [1.82, 2.24) is 0 Å². The molecule has 1 saturated heterocycles. The Labute approximate surface area is 129 Å². The van der Waals surface area contributed by atoms with Crippen molar-refractivity contribution in [2.45, 2.75) is 31.6 Å². The Hall–Kier alpha value is -0.390. The molecule has 1 aromatic carbocycles. The molecule has 0 bridgehead atoms. The van der Waals surface area contributed by atoms with Crippen LogP contribution in [0.4, 0.5) is 0 Å². The standard InChI is InChI=1S/C15H21BrO3S/c1-12-3-4-13(2)14(9-12)20(17,18)11-15(10-16)5-7-19-8-6-15/h3-4,9H,5-8,10-11H2,1-2H3. The molecule has 0 aromatic heterocycles. The van der Waals surface area contributed by atoms with Crippen molar-refractivity contribution >= 4 is 25.8 Å². The van der Waals surface area contributed by atoms with Crippen LogP contribution in [0.15, 0.2) is 23.1 Å². The lowest BCUT2D eigenvalue weighted by molar-refractivity contribution is 0.0367. The normalized spacial score (nSPS) is 18.9. The number of ether oxygens (including phenoxy) is 1. The Morgan fingerprint density at radius 2 is 1.90 bits per heavy atom. The molecule has 1 aliphatic rings. The van der Waals surface area contributed by atoms with E-state index in [-0.39, 0.29) is 11.2 Å². The molecule has 0 atom stereocenters. The SMILES string of the molecule is Cc1ccc(C)c(S(=O)(=O)CC2(CBr)CCOCC2)c1. The summed E-state index contributed by atoms with van der Waals surface area (Å²) in [4.78, 5) is 0.476. The van der Waals surface area contributed by atoms with Crippen molar-refractivity contribution < 1.29 is 13.2 Å². The Balaban J connectivity index is 2.32. The predicted octanol–water partition coefficient (Wildman–Crippen LogP) is 3.27. The number of halogens is 1. The zero-order valence-corrected chi connectivity index (χ0v) is 14.4. The first kappa shape index (κ1) is 16.0. The van der Waals surface area contributed by atoms with Gasteiger partial charge in [-0.3, -0.25) is 0 Å². The Bertz CT molecular complexity index is 575. The maximum Gasteiger partial charge on any atom is 0.179 e. The van der Waals surface area contributed by atoms with Crippen molar-refractivity contribution in [3.63, 3.8) is 0 Å². The van der Waals surface area contributed by atoms with Crippen LogP contribution in [0.5, 0.6) is 0 Å². The Morgan fingerprint density at radius 1 is 1.25 bits per heavy atom. The molecule has 0 saturated carbocycles. The second-order valence-corrected chi connectivity index (χ2v) is 8.29. The van der Waals surface area contributed by atoms with Gasteiger partial charge in [-0.25, -0.2) is 8.42 Å². The molecule has 0 radical (unpaired) electrons. The fraction of sp³-hybridized carbons (Fsp3) is 0.600. The van der Waals surface area contributed by atoms with E-state index in [1.807, 2.05) is 26.0 Å². The van der Waals surface area contributed by atoms with Crippen LogP contribution in [0.1, 0.15) is 24.0 Å². The minimum Gasteiger partial charge on any atom is -0.381 e. The van der Waals surface area contributed by atoms with Gasteiger partial charge in [0.1, 0.15) is 0 Å². The van der Waals surface area contributed by atoms with Crippen molar-refractivity contribution in [2.24, 2.45) is 5.41 Å². The van der Waals surface area contributed by atoms with E-state index in [0.717, 1.165) is 24.0 Å². The maximum absolute atomic E-state index is 12.8. The molecule has 1 aliphatic heterocycles. The van der Waals surface area contributed by atoms with E-state index in [2.05, 4.69) is 15.9 Å². The molecule has 1 aromatic rings. The predicted molar refractivity (Wildman–Crippen MR) is 84.2 cm³/mol. The van der Waals surface area contributed by atoms with Gasteiger partial charge in [0, 0.05) is 18.5 Å². The first-order chi connectivity index (χ1) is 9.38. The number of benzene rings is 1. The minimum absolute atomic E-state index is 0.193. The quantitative estimate of drug-likeness (QED) is 0.773. The highest BCUT2D eigenvalue weighted by molar-refractivity contribution is 9.09. The van der Waals surface area contributed by atoms with E-state index in [1.165, 1.54) is 0 Å². The van der Waals surface area contributed by atoms with Crippen LogP contribution >= 0.6 is 15.9 Å². The highest BCUT2D eigenvalue weighted by atomic mass is 79.9. The lowest BCUT2D eigenvalue weighted by Gasteiger charge is -2.35. The first-order valence-corrected chi connectivity index (χ1v) is 9.60. The largest absolute Gasteiger partial charge is 0.381 e. The molecule has 112 valence electrons. The monoisotopic (exact) mass is 360 g/mol. The fourth-order valence-electron chi connectivity index (χ4n) is 2.64. The molecule has 0 unspecified atom stereocenters. The zero-order valence-electron chi connectivity index (χ0n) is 12.0. The van der Waals surface area contributed by atoms with E-state index < -0.39 is 9.84 Å². The van der Waals surface area contributed by atoms with E-state index >= 15 is 0 Å². The number of hydrogen-bond acceptors (Lipinski definition) is 3. The van der Waals surface area contributed by atoms with Crippen molar-refractivity contribution in [3.8, 4) is 0 Å². The molecule has 2 rings (SSSR count). The molecule has 1 heterocycles. The number of alkyl halides is 1. The summed E-state index contributed by atoms with van der Waals surface area (Å²) in [6.45, 7) is 5.08. The summed E-state index contributed by atoms with van der Waals surface area (Å²) in [6, 6.07) is 5.61. The van der Waals surface area contributed by atoms with Crippen molar-refractivity contribution in [2.75, 3.05) is 24.3 Å². The van der Waals surface area contributed by atoms with Gasteiger partial charge in [0.25, 0.3) is 0 Å². The smallest absolute Gasteiger partial charge is 0.179 e. The zero-order chi connectivity index (χ0) is 14.8. The van der Waals surface area contributed by atoms with Gasteiger partial charge in [0.05, 0.1) is 10.6 Å². The summed E-state index contributed by atoms with van der Waals surface area (Å²) in [7, 11) is -3.27. The third-order valence-electron chi connectivity index (χ3n) is 4.01. The van der Waals surface area contributed by atoms with E-state index in [0.29, 0.717) is 23.4 Å². The minimum atomic E-state index is -3.27. The molecule has 0 amide bonds. The topological polar surface area (TPSA) is 43.4 Å². The molecular weight excluding hydrogens is 340 g/mol. The number of rotatable bonds is 4. The van der Waals surface area contributed by atoms with Gasteiger partial charge in [-0.15, -0.1) is 0 Å². The molecular formula is C15H21BrO3S. The molecule has 0 spiro atoms. The molecule has 1 fully saturated rings. The second-order valence-electron chi connectivity index (χ2n) is 5.77. The van der Waals surface area contributed by atoms with E-state index in [4.69, 9.17) is 4.74 Å². The van der Waals surface area contributed by atoms with Crippen LogP contribution in [-0.2, 0) is 14.6 Å². The molecule has 0 N–H and O–H groups in total. The highest BCUT2D eigenvalue weighted by Crippen LogP contribution is 2.36. The summed E-state index contributed by atoms with van der Waals surface area (Å²) in [5.74, 6) is 0.193. The lowest BCUT2D eigenvalue weighted by Crippen LogP contribution is -2.37. The number of aryl methyl sites for hydroxylation is 2. The molecule has 5 heteroatoms. The summed E-state index contributed by atoms with van der Waals surface area (Å²) >= 11 is 3.51. The van der Waals surface area contributed by atoms with Gasteiger partial charge in [0.15, 0.2) is 9.84 Å². The van der Waals surface area contributed by atoms with Gasteiger partial charge < -0.3 is 4.74 Å². The molecule has 3 nitrogen and oxygen atoms in total. The van der Waals surface area contributed by atoms with Crippen LogP contribution in [0.2, 0.25) is 0 Å². The summed E-state index contributed by atoms with van der Waals surface area (Å²) in [5, 5.41) is 0.702. The first-order valence-electron chi connectivity index (χ1n) is 6.82. The second kappa shape index (κ2) is 6.16. The fourth-order valence-corrected chi connectivity index (χ4v) is 5.94. The number of hydrogen-bond donors (Lipinski definition) is 0. The van der Waals surface area contributed by atoms with Crippen LogP contribution in [-0.4, -0.2) is 32.7 Å². The lowest BCUT2D eigenvalue weighted by atomic mass is 9.85. The third-order valence-corrected chi connectivity index (χ3v) is 7.30. The average Bonchev–Trinajstić information content (AvgIpc) is 2.42. The van der Waals surface area contributed by atoms with Crippen LogP contribution in [0, 0.1) is 19.3 Å². The van der Waals surface area contributed by atoms with Crippen molar-refractivity contribution in [3.05, 3.63) is 29.3 Å². The van der Waals surface area contributed by atoms with Crippen LogP contribution < -0.4 is 0 Å². The van der Waals surface area contributed by atoms with Gasteiger partial charge in [-0.2, -0.15) is 0 Å². The van der Waals surface area contributed by atoms with Gasteiger partial charge >= 0.3 is 0 Å². The molecule has 20 heavy (non-hydrogen) atoms. The summed E-state index contributed by atoms with van der Waals surface area (Å²) < 4.78 is 30.9. The summed E-state index contributed by atoms with van der Waals surface area (Å²) in [5.41, 5.74) is 1.61. The van der Waals surface area contributed by atoms with Gasteiger partial charge in [-0.1, -0.05) is 28.1 Å². The molecule has 0 aliphatic carbocycles. The van der Waals surface area contributed by atoms with Crippen LogP contribution in [0.25, 0.3) is 0 Å². The van der Waals surface area contributed by atoms with E-state index in [1.54, 1.807) is 6.07 Å². The summed E-state index contributed by atoms with van der Waals surface area (Å²) in [6.07, 6.45) is 1.59. The average molecular weight is 361 g/mol. The maximum atomic E-state index is 12.8. The van der Waals surface area contributed by atoms with Gasteiger partial charge in [0.2, 0.25) is 0 Å².